The van der Waals surface area contributed by atoms with Crippen LogP contribution < -0.4 is 0 Å². The van der Waals surface area contributed by atoms with E-state index in [4.69, 9.17) is 0 Å². The zero-order valence-electron chi connectivity index (χ0n) is 8.32. The number of benzene rings is 1. The van der Waals surface area contributed by atoms with Crippen molar-refractivity contribution in [2.75, 3.05) is 0 Å². The van der Waals surface area contributed by atoms with Crippen molar-refractivity contribution in [3.63, 3.8) is 0 Å². The maximum atomic E-state index is 3.45. The number of halogens is 1. The molecule has 0 nitrogen and oxygen atoms in total. The zero-order valence-corrected chi connectivity index (χ0v) is 9.32. The Hall–Kier alpha value is 0.466. The average Bonchev–Trinajstić information content (AvgIpc) is 1.80. The van der Waals surface area contributed by atoms with E-state index in [-0.39, 0.29) is 25.9 Å². The van der Waals surface area contributed by atoms with Gasteiger partial charge in [-0.05, 0) is 31.0 Å². The standard InChI is InChI=1S/C8H9Br.Mg.2H/c1-6-3-4-7(2)8(9)5-6;;;/h3-5H,1-2H3;;;/q;+2;2*-1. The van der Waals surface area contributed by atoms with Crippen molar-refractivity contribution < 1.29 is 2.85 Å². The minimum atomic E-state index is 0. The number of hydrogen-bond donors (Lipinski definition) is 0. The molecule has 0 atom stereocenters. The van der Waals surface area contributed by atoms with Gasteiger partial charge in [-0.2, -0.15) is 0 Å². The van der Waals surface area contributed by atoms with Gasteiger partial charge in [0.2, 0.25) is 0 Å². The van der Waals surface area contributed by atoms with Crippen LogP contribution in [0.25, 0.3) is 0 Å². The number of aryl methyl sites for hydroxylation is 2. The summed E-state index contributed by atoms with van der Waals surface area (Å²) in [4.78, 5) is 0. The Morgan fingerprint density at radius 2 is 1.90 bits per heavy atom. The largest absolute Gasteiger partial charge is 2.00 e. The van der Waals surface area contributed by atoms with Crippen molar-refractivity contribution in [2.45, 2.75) is 13.8 Å². The number of hydrogen-bond acceptors (Lipinski definition) is 0. The Labute approximate surface area is 89.3 Å². The Balaban J connectivity index is -0.000000270. The molecule has 0 fully saturated rings. The third-order valence-electron chi connectivity index (χ3n) is 1.33. The maximum absolute atomic E-state index is 3.45. The first kappa shape index (κ1) is 10.5. The van der Waals surface area contributed by atoms with Gasteiger partial charge in [-0.15, -0.1) is 0 Å². The fourth-order valence-corrected chi connectivity index (χ4v) is 1.19. The molecule has 0 aromatic heterocycles. The summed E-state index contributed by atoms with van der Waals surface area (Å²) in [5.74, 6) is 0. The van der Waals surface area contributed by atoms with Gasteiger partial charge in [-0.3, -0.25) is 0 Å². The smallest absolute Gasteiger partial charge is 1.00 e. The summed E-state index contributed by atoms with van der Waals surface area (Å²) in [5.41, 5.74) is 2.59. The summed E-state index contributed by atoms with van der Waals surface area (Å²) < 4.78 is 1.20. The zero-order chi connectivity index (χ0) is 6.85. The second-order valence-electron chi connectivity index (χ2n) is 2.25. The van der Waals surface area contributed by atoms with Crippen LogP contribution in [0.4, 0.5) is 0 Å². The summed E-state index contributed by atoms with van der Waals surface area (Å²) in [5, 5.41) is 0. The van der Waals surface area contributed by atoms with Gasteiger partial charge in [0.05, 0.1) is 0 Å². The fraction of sp³-hybridized carbons (Fsp3) is 0.250. The van der Waals surface area contributed by atoms with Crippen LogP contribution in [0.2, 0.25) is 0 Å². The predicted octanol–water partition coefficient (Wildman–Crippen LogP) is 2.91. The van der Waals surface area contributed by atoms with E-state index in [2.05, 4.69) is 48.0 Å². The van der Waals surface area contributed by atoms with E-state index in [1.54, 1.807) is 0 Å². The van der Waals surface area contributed by atoms with Crippen LogP contribution in [0.5, 0.6) is 0 Å². The summed E-state index contributed by atoms with van der Waals surface area (Å²) >= 11 is 3.45. The third kappa shape index (κ3) is 2.60. The quantitative estimate of drug-likeness (QED) is 0.579. The molecular weight excluding hydrogens is 200 g/mol. The van der Waals surface area contributed by atoms with Crippen LogP contribution >= 0.6 is 15.9 Å². The van der Waals surface area contributed by atoms with E-state index < -0.39 is 0 Å². The molecule has 0 saturated carbocycles. The van der Waals surface area contributed by atoms with Crippen molar-refractivity contribution in [3.8, 4) is 0 Å². The molecular formula is C8H11BrMg. The van der Waals surface area contributed by atoms with E-state index in [0.717, 1.165) is 0 Å². The van der Waals surface area contributed by atoms with Crippen LogP contribution in [0.15, 0.2) is 22.7 Å². The monoisotopic (exact) mass is 210 g/mol. The molecule has 0 unspecified atom stereocenters. The Morgan fingerprint density at radius 3 is 2.30 bits per heavy atom. The molecule has 0 heterocycles. The summed E-state index contributed by atoms with van der Waals surface area (Å²) in [6.07, 6.45) is 0. The molecule has 10 heavy (non-hydrogen) atoms. The second-order valence-corrected chi connectivity index (χ2v) is 3.11. The maximum Gasteiger partial charge on any atom is 2.00 e. The molecule has 2 heteroatoms. The average molecular weight is 211 g/mol. The number of rotatable bonds is 0. The molecule has 0 aliphatic rings. The van der Waals surface area contributed by atoms with Crippen molar-refractivity contribution >= 4 is 39.0 Å². The van der Waals surface area contributed by atoms with E-state index in [1.165, 1.54) is 15.6 Å². The third-order valence-corrected chi connectivity index (χ3v) is 2.18. The molecule has 0 radical (unpaired) electrons. The molecule has 0 spiro atoms. The summed E-state index contributed by atoms with van der Waals surface area (Å²) in [6, 6.07) is 6.34. The van der Waals surface area contributed by atoms with E-state index in [9.17, 15) is 0 Å². The second kappa shape index (κ2) is 4.37. The van der Waals surface area contributed by atoms with Crippen molar-refractivity contribution in [2.24, 2.45) is 0 Å². The van der Waals surface area contributed by atoms with E-state index in [1.807, 2.05) is 0 Å². The van der Waals surface area contributed by atoms with E-state index >= 15 is 0 Å². The van der Waals surface area contributed by atoms with Crippen LogP contribution in [-0.2, 0) is 0 Å². The Kier molecular flexibility index (Phi) is 4.57. The van der Waals surface area contributed by atoms with Crippen molar-refractivity contribution in [3.05, 3.63) is 33.8 Å². The normalized spacial score (nSPS) is 8.70. The molecule has 1 rings (SSSR count). The molecule has 0 N–H and O–H groups in total. The van der Waals surface area contributed by atoms with Crippen molar-refractivity contribution in [1.82, 2.24) is 0 Å². The topological polar surface area (TPSA) is 0 Å². The van der Waals surface area contributed by atoms with Gasteiger partial charge in [0.1, 0.15) is 0 Å². The molecule has 0 aliphatic heterocycles. The van der Waals surface area contributed by atoms with Crippen LogP contribution in [-0.4, -0.2) is 23.1 Å². The van der Waals surface area contributed by atoms with Gasteiger partial charge < -0.3 is 2.85 Å². The predicted molar refractivity (Wildman–Crippen MR) is 51.6 cm³/mol. The van der Waals surface area contributed by atoms with Crippen LogP contribution in [0, 0.1) is 13.8 Å². The first-order valence-corrected chi connectivity index (χ1v) is 3.72. The van der Waals surface area contributed by atoms with Gasteiger partial charge in [-0.1, -0.05) is 28.1 Å². The molecule has 52 valence electrons. The minimum Gasteiger partial charge on any atom is -1.00 e. The Bertz CT molecular complexity index is 228. The molecule has 0 amide bonds. The van der Waals surface area contributed by atoms with Gasteiger partial charge in [0.25, 0.3) is 0 Å². The van der Waals surface area contributed by atoms with Gasteiger partial charge in [0.15, 0.2) is 0 Å². The van der Waals surface area contributed by atoms with Gasteiger partial charge in [0, 0.05) is 4.47 Å². The summed E-state index contributed by atoms with van der Waals surface area (Å²) in [6.45, 7) is 4.17. The SMILES string of the molecule is Cc1ccc(C)c(Br)c1.[H-].[H-].[Mg+2]. The van der Waals surface area contributed by atoms with E-state index in [0.29, 0.717) is 0 Å². The minimum absolute atomic E-state index is 0. The van der Waals surface area contributed by atoms with Crippen LogP contribution in [0.3, 0.4) is 0 Å². The summed E-state index contributed by atoms with van der Waals surface area (Å²) in [7, 11) is 0. The van der Waals surface area contributed by atoms with Gasteiger partial charge >= 0.3 is 23.1 Å². The molecule has 0 saturated heterocycles. The first-order valence-electron chi connectivity index (χ1n) is 2.93. The molecule has 0 bridgehead atoms. The first-order chi connectivity index (χ1) is 4.20. The molecule has 0 aliphatic carbocycles. The fourth-order valence-electron chi connectivity index (χ4n) is 0.698. The van der Waals surface area contributed by atoms with Crippen LogP contribution in [0.1, 0.15) is 14.0 Å². The van der Waals surface area contributed by atoms with Crippen molar-refractivity contribution in [1.29, 1.82) is 0 Å². The Morgan fingerprint density at radius 1 is 1.30 bits per heavy atom. The molecule has 1 aromatic rings. The van der Waals surface area contributed by atoms with Gasteiger partial charge in [-0.25, -0.2) is 0 Å². The molecule has 1 aromatic carbocycles.